The Balaban J connectivity index is 1.77. The molecule has 1 N–H and O–H groups in total. The zero-order chi connectivity index (χ0) is 15.2. The maximum atomic E-state index is 10.5. The van der Waals surface area contributed by atoms with Gasteiger partial charge in [0, 0.05) is 43.7 Å². The van der Waals surface area contributed by atoms with E-state index in [1.54, 1.807) is 0 Å². The van der Waals surface area contributed by atoms with E-state index in [0.717, 1.165) is 44.2 Å². The highest BCUT2D eigenvalue weighted by Crippen LogP contribution is 2.23. The number of piperazine rings is 1. The molecule has 1 aromatic carbocycles. The molecule has 0 saturated carbocycles. The van der Waals surface area contributed by atoms with Crippen LogP contribution in [0.5, 0.6) is 0 Å². The van der Waals surface area contributed by atoms with Gasteiger partial charge in [-0.2, -0.15) is 0 Å². The first kappa shape index (κ1) is 16.3. The van der Waals surface area contributed by atoms with Gasteiger partial charge in [0.05, 0.1) is 0 Å². The predicted molar refractivity (Wildman–Crippen MR) is 84.7 cm³/mol. The van der Waals surface area contributed by atoms with Crippen molar-refractivity contribution in [1.82, 2.24) is 9.80 Å². The van der Waals surface area contributed by atoms with Crippen LogP contribution in [-0.2, 0) is 4.79 Å². The highest BCUT2D eigenvalue weighted by molar-refractivity contribution is 6.30. The molecule has 1 atom stereocenters. The molecule has 21 heavy (non-hydrogen) atoms. The van der Waals surface area contributed by atoms with Crippen molar-refractivity contribution in [3.63, 3.8) is 0 Å². The number of nitrogens with zero attached hydrogens (tertiary/aromatic N) is 2. The van der Waals surface area contributed by atoms with Gasteiger partial charge in [0.15, 0.2) is 0 Å². The highest BCUT2D eigenvalue weighted by Gasteiger charge is 2.21. The molecular weight excluding hydrogens is 288 g/mol. The standard InChI is InChI=1S/C16H23ClN2O2/c1-13(14-4-6-15(17)7-5-14)19-11-9-18(10-12-19)8-2-3-16(20)21/h4-7,13H,2-3,8-12H2,1H3,(H,20,21). The van der Waals surface area contributed by atoms with Crippen molar-refractivity contribution in [3.05, 3.63) is 34.9 Å². The zero-order valence-corrected chi connectivity index (χ0v) is 13.2. The van der Waals surface area contributed by atoms with Crippen LogP contribution in [0.2, 0.25) is 5.02 Å². The van der Waals surface area contributed by atoms with Crippen LogP contribution in [0.15, 0.2) is 24.3 Å². The van der Waals surface area contributed by atoms with E-state index in [2.05, 4.69) is 28.9 Å². The molecule has 2 rings (SSSR count). The Morgan fingerprint density at radius 1 is 1.24 bits per heavy atom. The summed E-state index contributed by atoms with van der Waals surface area (Å²) in [6.07, 6.45) is 1.00. The monoisotopic (exact) mass is 310 g/mol. The average Bonchev–Trinajstić information content (AvgIpc) is 2.48. The maximum Gasteiger partial charge on any atom is 0.303 e. The number of hydrogen-bond acceptors (Lipinski definition) is 3. The first-order valence-electron chi connectivity index (χ1n) is 7.50. The van der Waals surface area contributed by atoms with E-state index in [9.17, 15) is 4.79 Å². The van der Waals surface area contributed by atoms with Crippen LogP contribution in [0.3, 0.4) is 0 Å². The number of carbonyl (C=O) groups is 1. The summed E-state index contributed by atoms with van der Waals surface area (Å²) in [5, 5.41) is 9.44. The summed E-state index contributed by atoms with van der Waals surface area (Å²) in [6.45, 7) is 7.18. The van der Waals surface area contributed by atoms with E-state index in [1.807, 2.05) is 12.1 Å². The fraction of sp³-hybridized carbons (Fsp3) is 0.562. The molecule has 0 aliphatic carbocycles. The topological polar surface area (TPSA) is 43.8 Å². The fourth-order valence-corrected chi connectivity index (χ4v) is 2.91. The lowest BCUT2D eigenvalue weighted by atomic mass is 10.1. The van der Waals surface area contributed by atoms with Gasteiger partial charge in [-0.25, -0.2) is 0 Å². The van der Waals surface area contributed by atoms with E-state index in [-0.39, 0.29) is 6.42 Å². The Labute approximate surface area is 131 Å². The molecule has 1 fully saturated rings. The van der Waals surface area contributed by atoms with E-state index in [4.69, 9.17) is 16.7 Å². The molecule has 1 saturated heterocycles. The van der Waals surface area contributed by atoms with Crippen molar-refractivity contribution in [2.24, 2.45) is 0 Å². The highest BCUT2D eigenvalue weighted by atomic mass is 35.5. The molecule has 4 nitrogen and oxygen atoms in total. The minimum absolute atomic E-state index is 0.265. The fourth-order valence-electron chi connectivity index (χ4n) is 2.78. The van der Waals surface area contributed by atoms with Crippen molar-refractivity contribution in [3.8, 4) is 0 Å². The van der Waals surface area contributed by atoms with Gasteiger partial charge in [0.2, 0.25) is 0 Å². The van der Waals surface area contributed by atoms with Crippen LogP contribution in [-0.4, -0.2) is 53.6 Å². The Kier molecular flexibility index (Phi) is 6.03. The Hall–Kier alpha value is -1.10. The summed E-state index contributed by atoms with van der Waals surface area (Å²) in [7, 11) is 0. The number of carboxylic acids is 1. The summed E-state index contributed by atoms with van der Waals surface area (Å²) in [6, 6.07) is 8.45. The lowest BCUT2D eigenvalue weighted by molar-refractivity contribution is -0.137. The quantitative estimate of drug-likeness (QED) is 0.877. The van der Waals surface area contributed by atoms with Gasteiger partial charge >= 0.3 is 5.97 Å². The van der Waals surface area contributed by atoms with Crippen molar-refractivity contribution < 1.29 is 9.90 Å². The first-order valence-corrected chi connectivity index (χ1v) is 7.87. The molecule has 1 unspecified atom stereocenters. The molecule has 1 heterocycles. The average molecular weight is 311 g/mol. The number of halogens is 1. The summed E-state index contributed by atoms with van der Waals surface area (Å²) >= 11 is 5.93. The third-order valence-corrected chi connectivity index (χ3v) is 4.42. The van der Waals surface area contributed by atoms with Crippen molar-refractivity contribution in [2.75, 3.05) is 32.7 Å². The van der Waals surface area contributed by atoms with Gasteiger partial charge in [-0.15, -0.1) is 0 Å². The number of hydrogen-bond donors (Lipinski definition) is 1. The third-order valence-electron chi connectivity index (χ3n) is 4.17. The van der Waals surface area contributed by atoms with Gasteiger partial charge in [0.1, 0.15) is 0 Å². The van der Waals surface area contributed by atoms with Crippen LogP contribution < -0.4 is 0 Å². The van der Waals surface area contributed by atoms with Crippen LogP contribution in [0.25, 0.3) is 0 Å². The van der Waals surface area contributed by atoms with Crippen LogP contribution in [0, 0.1) is 0 Å². The number of aliphatic carboxylic acids is 1. The lowest BCUT2D eigenvalue weighted by Gasteiger charge is -2.38. The molecule has 116 valence electrons. The van der Waals surface area contributed by atoms with Crippen molar-refractivity contribution in [1.29, 1.82) is 0 Å². The molecule has 1 aliphatic rings. The van der Waals surface area contributed by atoms with Crippen LogP contribution >= 0.6 is 11.6 Å². The lowest BCUT2D eigenvalue weighted by Crippen LogP contribution is -2.47. The molecule has 1 aromatic rings. The minimum atomic E-state index is -0.704. The van der Waals surface area contributed by atoms with Gasteiger partial charge in [0.25, 0.3) is 0 Å². The summed E-state index contributed by atoms with van der Waals surface area (Å²) in [5.74, 6) is -0.704. The molecule has 5 heteroatoms. The van der Waals surface area contributed by atoms with Crippen LogP contribution in [0.1, 0.15) is 31.4 Å². The van der Waals surface area contributed by atoms with Crippen molar-refractivity contribution in [2.45, 2.75) is 25.8 Å². The minimum Gasteiger partial charge on any atom is -0.481 e. The second-order valence-electron chi connectivity index (χ2n) is 5.60. The first-order chi connectivity index (χ1) is 10.1. The second-order valence-corrected chi connectivity index (χ2v) is 6.04. The van der Waals surface area contributed by atoms with E-state index < -0.39 is 5.97 Å². The van der Waals surface area contributed by atoms with E-state index in [1.165, 1.54) is 5.56 Å². The largest absolute Gasteiger partial charge is 0.481 e. The molecular formula is C16H23ClN2O2. The Bertz CT molecular complexity index is 456. The molecule has 0 bridgehead atoms. The zero-order valence-electron chi connectivity index (χ0n) is 12.5. The van der Waals surface area contributed by atoms with Crippen molar-refractivity contribution >= 4 is 17.6 Å². The normalized spacial score (nSPS) is 18.6. The van der Waals surface area contributed by atoms with Gasteiger partial charge in [-0.1, -0.05) is 23.7 Å². The summed E-state index contributed by atoms with van der Waals surface area (Å²) in [5.41, 5.74) is 1.29. The SMILES string of the molecule is CC(c1ccc(Cl)cc1)N1CCN(CCCC(=O)O)CC1. The maximum absolute atomic E-state index is 10.5. The molecule has 0 radical (unpaired) electrons. The second kappa shape index (κ2) is 7.78. The number of rotatable bonds is 6. The van der Waals surface area contributed by atoms with Gasteiger partial charge in [-0.05, 0) is 37.6 Å². The summed E-state index contributed by atoms with van der Waals surface area (Å²) < 4.78 is 0. The summed E-state index contributed by atoms with van der Waals surface area (Å²) in [4.78, 5) is 15.4. The number of benzene rings is 1. The smallest absolute Gasteiger partial charge is 0.303 e. The number of carboxylic acid groups (broad SMARTS) is 1. The molecule has 1 aliphatic heterocycles. The van der Waals surface area contributed by atoms with E-state index >= 15 is 0 Å². The molecule has 0 spiro atoms. The third kappa shape index (κ3) is 4.99. The van der Waals surface area contributed by atoms with Crippen LogP contribution in [0.4, 0.5) is 0 Å². The molecule has 0 amide bonds. The Morgan fingerprint density at radius 2 is 1.86 bits per heavy atom. The van der Waals surface area contributed by atoms with E-state index in [0.29, 0.717) is 6.04 Å². The van der Waals surface area contributed by atoms with Gasteiger partial charge in [-0.3, -0.25) is 9.69 Å². The predicted octanol–water partition coefficient (Wildman–Crippen LogP) is 2.88. The molecule has 0 aromatic heterocycles. The van der Waals surface area contributed by atoms with Gasteiger partial charge < -0.3 is 10.0 Å². The Morgan fingerprint density at radius 3 is 2.43 bits per heavy atom.